The third kappa shape index (κ3) is 3.98. The zero-order valence-corrected chi connectivity index (χ0v) is 23.6. The predicted molar refractivity (Wildman–Crippen MR) is 175 cm³/mol. The van der Waals surface area contributed by atoms with Gasteiger partial charge in [-0.3, -0.25) is 0 Å². The van der Waals surface area contributed by atoms with Gasteiger partial charge in [-0.15, -0.1) is 11.3 Å². The van der Waals surface area contributed by atoms with E-state index in [-0.39, 0.29) is 0 Å². The molecular formula is C37H25NSSi. The van der Waals surface area contributed by atoms with Crippen LogP contribution >= 0.6 is 11.3 Å². The molecule has 40 heavy (non-hydrogen) atoms. The highest BCUT2D eigenvalue weighted by atomic mass is 32.1. The maximum Gasteiger partial charge on any atom is 0.187 e. The largest absolute Gasteiger partial charge is 0.238 e. The molecule has 7 rings (SSSR count). The van der Waals surface area contributed by atoms with Crippen molar-refractivity contribution in [2.24, 2.45) is 0 Å². The van der Waals surface area contributed by atoms with Crippen LogP contribution in [-0.2, 0) is 0 Å². The van der Waals surface area contributed by atoms with Crippen LogP contribution in [0, 0.1) is 6.57 Å². The number of nitrogens with zero attached hydrogens (tertiary/aromatic N) is 1. The summed E-state index contributed by atoms with van der Waals surface area (Å²) >= 11 is 1.87. The third-order valence-electron chi connectivity index (χ3n) is 7.85. The van der Waals surface area contributed by atoms with Crippen LogP contribution in [0.1, 0.15) is 0 Å². The lowest BCUT2D eigenvalue weighted by Gasteiger charge is -2.35. The fraction of sp³-hybridized carbons (Fsp3) is 0. The normalized spacial score (nSPS) is 11.5. The molecule has 0 spiro atoms. The number of fused-ring (bicyclic) bond motifs is 3. The van der Waals surface area contributed by atoms with Crippen LogP contribution in [0.2, 0.25) is 0 Å². The van der Waals surface area contributed by atoms with Crippen molar-refractivity contribution in [1.29, 1.82) is 0 Å². The Balaban J connectivity index is 1.56. The van der Waals surface area contributed by atoms with E-state index in [1.807, 2.05) is 23.5 Å². The summed E-state index contributed by atoms with van der Waals surface area (Å²) in [5.74, 6) is 0. The molecule has 188 valence electrons. The lowest BCUT2D eigenvalue weighted by molar-refractivity contribution is 1.63. The monoisotopic (exact) mass is 543 g/mol. The summed E-state index contributed by atoms with van der Waals surface area (Å²) in [5, 5.41) is 8.09. The van der Waals surface area contributed by atoms with Crippen molar-refractivity contribution in [2.75, 3.05) is 0 Å². The summed E-state index contributed by atoms with van der Waals surface area (Å²) in [6.07, 6.45) is 0. The Morgan fingerprint density at radius 1 is 0.450 bits per heavy atom. The first-order chi connectivity index (χ1) is 19.8. The van der Waals surface area contributed by atoms with Crippen molar-refractivity contribution in [3.63, 3.8) is 0 Å². The van der Waals surface area contributed by atoms with Crippen LogP contribution in [0.4, 0.5) is 5.69 Å². The lowest BCUT2D eigenvalue weighted by atomic mass is 10.1. The zero-order valence-electron chi connectivity index (χ0n) is 21.8. The van der Waals surface area contributed by atoms with Crippen molar-refractivity contribution >= 4 is 66.0 Å². The van der Waals surface area contributed by atoms with Crippen LogP contribution in [0.25, 0.3) is 36.1 Å². The van der Waals surface area contributed by atoms with E-state index < -0.39 is 8.07 Å². The molecule has 0 aliphatic heterocycles. The van der Waals surface area contributed by atoms with E-state index >= 15 is 0 Å². The van der Waals surface area contributed by atoms with E-state index in [4.69, 9.17) is 6.57 Å². The number of thiophene rings is 1. The topological polar surface area (TPSA) is 4.36 Å². The van der Waals surface area contributed by atoms with Gasteiger partial charge in [-0.25, -0.2) is 4.85 Å². The van der Waals surface area contributed by atoms with E-state index in [9.17, 15) is 0 Å². The fourth-order valence-corrected chi connectivity index (χ4v) is 11.9. The van der Waals surface area contributed by atoms with Crippen molar-refractivity contribution < 1.29 is 0 Å². The van der Waals surface area contributed by atoms with Gasteiger partial charge < -0.3 is 0 Å². The average molecular weight is 544 g/mol. The minimum atomic E-state index is -2.70. The van der Waals surface area contributed by atoms with E-state index in [1.54, 1.807) is 0 Å². The highest BCUT2D eigenvalue weighted by Crippen LogP contribution is 2.33. The standard InChI is InChI=1S/C37H25NSSi/c1-38-29-21-19-27(20-22-29)28-11-10-16-32(25-28)40(30-12-4-2-5-13-30,31-14-6-3-7-15-31)33-23-24-37-35(26-33)34-17-8-9-18-36(34)39-37/h2-26H. The van der Waals surface area contributed by atoms with E-state index in [2.05, 4.69) is 144 Å². The van der Waals surface area contributed by atoms with Crippen LogP contribution < -0.4 is 20.7 Å². The number of hydrogen-bond acceptors (Lipinski definition) is 1. The van der Waals surface area contributed by atoms with E-state index in [0.29, 0.717) is 5.69 Å². The molecule has 0 saturated heterocycles. The van der Waals surface area contributed by atoms with E-state index in [0.717, 1.165) is 5.56 Å². The van der Waals surface area contributed by atoms with Crippen molar-refractivity contribution in [2.45, 2.75) is 0 Å². The summed E-state index contributed by atoms with van der Waals surface area (Å²) in [7, 11) is -2.70. The smallest absolute Gasteiger partial charge is 0.187 e. The molecule has 0 saturated carbocycles. The molecule has 0 atom stereocenters. The van der Waals surface area contributed by atoms with Crippen LogP contribution in [-0.4, -0.2) is 8.07 Å². The predicted octanol–water partition coefficient (Wildman–Crippen LogP) is 7.65. The molecule has 0 aliphatic carbocycles. The highest BCUT2D eigenvalue weighted by Gasteiger charge is 2.41. The molecule has 3 heteroatoms. The van der Waals surface area contributed by atoms with Gasteiger partial charge in [0.15, 0.2) is 13.8 Å². The second-order valence-electron chi connectivity index (χ2n) is 10.0. The first kappa shape index (κ1) is 24.3. The quantitative estimate of drug-likeness (QED) is 0.119. The molecule has 0 bridgehead atoms. The van der Waals surface area contributed by atoms with Crippen LogP contribution in [0.5, 0.6) is 0 Å². The Kier molecular flexibility index (Phi) is 6.13. The second kappa shape index (κ2) is 10.1. The zero-order chi connectivity index (χ0) is 26.9. The molecule has 7 aromatic rings. The van der Waals surface area contributed by atoms with Gasteiger partial charge in [-0.05, 0) is 44.0 Å². The second-order valence-corrected chi connectivity index (χ2v) is 14.9. The van der Waals surface area contributed by atoms with Gasteiger partial charge in [-0.1, -0.05) is 140 Å². The molecular weight excluding hydrogens is 519 g/mol. The number of rotatable bonds is 5. The van der Waals surface area contributed by atoms with Crippen LogP contribution in [0.3, 0.4) is 0 Å². The Morgan fingerprint density at radius 3 is 1.75 bits per heavy atom. The van der Waals surface area contributed by atoms with Crippen LogP contribution in [0.15, 0.2) is 152 Å². The summed E-state index contributed by atoms with van der Waals surface area (Å²) < 4.78 is 2.65. The Bertz CT molecular complexity index is 1960. The summed E-state index contributed by atoms with van der Waals surface area (Å²) in [6.45, 7) is 7.35. The molecule has 6 aromatic carbocycles. The minimum absolute atomic E-state index is 0.661. The minimum Gasteiger partial charge on any atom is -0.238 e. The maximum atomic E-state index is 7.35. The first-order valence-corrected chi connectivity index (χ1v) is 16.2. The fourth-order valence-electron chi connectivity index (χ4n) is 6.00. The Morgan fingerprint density at radius 2 is 1.05 bits per heavy atom. The first-order valence-electron chi connectivity index (χ1n) is 13.4. The van der Waals surface area contributed by atoms with Gasteiger partial charge in [0, 0.05) is 20.2 Å². The van der Waals surface area contributed by atoms with E-state index in [1.165, 1.54) is 46.5 Å². The molecule has 0 fully saturated rings. The molecule has 0 unspecified atom stereocenters. The molecule has 0 amide bonds. The summed E-state index contributed by atoms with van der Waals surface area (Å²) in [6, 6.07) is 55.1. The number of hydrogen-bond donors (Lipinski definition) is 0. The maximum absolute atomic E-state index is 7.35. The summed E-state index contributed by atoms with van der Waals surface area (Å²) in [5.41, 5.74) is 2.95. The summed E-state index contributed by atoms with van der Waals surface area (Å²) in [4.78, 5) is 3.58. The average Bonchev–Trinajstić information content (AvgIpc) is 3.41. The van der Waals surface area contributed by atoms with Crippen molar-refractivity contribution in [1.82, 2.24) is 0 Å². The van der Waals surface area contributed by atoms with Gasteiger partial charge in [0.05, 0.1) is 6.57 Å². The van der Waals surface area contributed by atoms with Gasteiger partial charge in [0.1, 0.15) is 0 Å². The molecule has 0 radical (unpaired) electrons. The molecule has 1 heterocycles. The third-order valence-corrected chi connectivity index (χ3v) is 13.8. The highest BCUT2D eigenvalue weighted by molar-refractivity contribution is 7.26. The van der Waals surface area contributed by atoms with Gasteiger partial charge >= 0.3 is 0 Å². The van der Waals surface area contributed by atoms with Crippen molar-refractivity contribution in [3.05, 3.63) is 163 Å². The van der Waals surface area contributed by atoms with Gasteiger partial charge in [0.2, 0.25) is 0 Å². The van der Waals surface area contributed by atoms with Gasteiger partial charge in [-0.2, -0.15) is 0 Å². The SMILES string of the molecule is [C-]#[N+]c1ccc(-c2cccc([Si](c3ccccc3)(c3ccccc3)c3ccc4sc5ccccc5c4c3)c2)cc1. The lowest BCUT2D eigenvalue weighted by Crippen LogP contribution is -2.74. The molecule has 0 N–H and O–H groups in total. The van der Waals surface area contributed by atoms with Crippen molar-refractivity contribution in [3.8, 4) is 11.1 Å². The number of benzene rings is 6. The molecule has 0 aliphatic rings. The molecule has 1 nitrogen and oxygen atoms in total. The van der Waals surface area contributed by atoms with Gasteiger partial charge in [0.25, 0.3) is 0 Å². The molecule has 1 aromatic heterocycles. The Hall–Kier alpha value is -4.75. The Labute approximate surface area is 239 Å².